The highest BCUT2D eigenvalue weighted by molar-refractivity contribution is 9.10. The van der Waals surface area contributed by atoms with Gasteiger partial charge in [0.05, 0.1) is 18.4 Å². The predicted octanol–water partition coefficient (Wildman–Crippen LogP) is 3.36. The Morgan fingerprint density at radius 2 is 2.11 bits per heavy atom. The number of alkyl halides is 1. The molecule has 1 aromatic rings. The minimum atomic E-state index is -0.625. The average Bonchev–Trinajstić information content (AvgIpc) is 2.31. The number of ether oxygens (including phenoxy) is 1. The fourth-order valence-electron chi connectivity index (χ4n) is 1.54. The number of esters is 1. The minimum absolute atomic E-state index is 0.0555. The van der Waals surface area contributed by atoms with Gasteiger partial charge in [0.2, 0.25) is 0 Å². The minimum Gasteiger partial charge on any atom is -0.466 e. The van der Waals surface area contributed by atoms with E-state index in [0.717, 1.165) is 0 Å². The number of ketones is 1. The van der Waals surface area contributed by atoms with Crippen LogP contribution in [0.1, 0.15) is 29.8 Å². The van der Waals surface area contributed by atoms with Gasteiger partial charge in [0, 0.05) is 10.0 Å². The zero-order valence-electron chi connectivity index (χ0n) is 10.2. The Kier molecular flexibility index (Phi) is 5.82. The van der Waals surface area contributed by atoms with Gasteiger partial charge in [-0.15, -0.1) is 11.6 Å². The van der Waals surface area contributed by atoms with E-state index in [4.69, 9.17) is 16.3 Å². The van der Waals surface area contributed by atoms with E-state index in [9.17, 15) is 9.59 Å². The average molecular weight is 334 g/mol. The summed E-state index contributed by atoms with van der Waals surface area (Å²) in [6, 6.07) is 5.19. The lowest BCUT2D eigenvalue weighted by Crippen LogP contribution is -2.16. The molecule has 0 aliphatic carbocycles. The van der Waals surface area contributed by atoms with Crippen molar-refractivity contribution in [2.24, 2.45) is 0 Å². The van der Waals surface area contributed by atoms with Crippen molar-refractivity contribution in [1.29, 1.82) is 0 Å². The van der Waals surface area contributed by atoms with E-state index in [-0.39, 0.29) is 18.2 Å². The molecule has 0 aliphatic rings. The Balaban J connectivity index is 3.08. The number of hydrogen-bond donors (Lipinski definition) is 0. The van der Waals surface area contributed by atoms with Crippen LogP contribution < -0.4 is 0 Å². The van der Waals surface area contributed by atoms with Gasteiger partial charge in [-0.3, -0.25) is 9.59 Å². The summed E-state index contributed by atoms with van der Waals surface area (Å²) in [5.74, 6) is -0.557. The van der Waals surface area contributed by atoms with E-state index in [1.807, 2.05) is 0 Å². The van der Waals surface area contributed by atoms with E-state index in [1.165, 1.54) is 0 Å². The lowest BCUT2D eigenvalue weighted by Gasteiger charge is -2.11. The normalized spacial score (nSPS) is 12.0. The SMILES string of the molecule is CCOC(=O)Cc1c(Br)cccc1C(=O)C(C)Cl. The first-order chi connectivity index (χ1) is 8.47. The van der Waals surface area contributed by atoms with Crippen LogP contribution in [0, 0.1) is 0 Å². The quantitative estimate of drug-likeness (QED) is 0.471. The Hall–Kier alpha value is -0.870. The summed E-state index contributed by atoms with van der Waals surface area (Å²) in [4.78, 5) is 23.5. The summed E-state index contributed by atoms with van der Waals surface area (Å²) in [6.07, 6.45) is 0.0555. The fourth-order valence-corrected chi connectivity index (χ4v) is 2.16. The second-order valence-electron chi connectivity index (χ2n) is 3.73. The molecule has 0 N–H and O–H groups in total. The maximum atomic E-state index is 12.0. The molecule has 0 heterocycles. The molecule has 0 bridgehead atoms. The first kappa shape index (κ1) is 15.2. The number of halogens is 2. The topological polar surface area (TPSA) is 43.4 Å². The standard InChI is InChI=1S/C13H14BrClO3/c1-3-18-12(16)7-10-9(13(17)8(2)15)5-4-6-11(10)14/h4-6,8H,3,7H2,1-2H3. The molecule has 0 fully saturated rings. The summed E-state index contributed by atoms with van der Waals surface area (Å²) < 4.78 is 5.60. The van der Waals surface area contributed by atoms with Crippen molar-refractivity contribution in [1.82, 2.24) is 0 Å². The molecular weight excluding hydrogens is 319 g/mol. The Morgan fingerprint density at radius 1 is 1.44 bits per heavy atom. The maximum absolute atomic E-state index is 12.0. The van der Waals surface area contributed by atoms with Crippen LogP contribution in [-0.4, -0.2) is 23.7 Å². The molecule has 0 spiro atoms. The van der Waals surface area contributed by atoms with Gasteiger partial charge in [-0.1, -0.05) is 28.1 Å². The van der Waals surface area contributed by atoms with Crippen LogP contribution in [0.15, 0.2) is 22.7 Å². The predicted molar refractivity (Wildman–Crippen MR) is 74.1 cm³/mol. The molecule has 1 rings (SSSR count). The number of carbonyl (C=O) groups excluding carboxylic acids is 2. The highest BCUT2D eigenvalue weighted by Gasteiger charge is 2.20. The zero-order valence-corrected chi connectivity index (χ0v) is 12.5. The van der Waals surface area contributed by atoms with Gasteiger partial charge < -0.3 is 4.74 Å². The molecule has 1 aromatic carbocycles. The summed E-state index contributed by atoms with van der Waals surface area (Å²) >= 11 is 9.14. The molecule has 0 aromatic heterocycles. The molecule has 0 saturated heterocycles. The van der Waals surface area contributed by atoms with Crippen molar-refractivity contribution >= 4 is 39.3 Å². The maximum Gasteiger partial charge on any atom is 0.310 e. The van der Waals surface area contributed by atoms with Gasteiger partial charge in [-0.05, 0) is 25.5 Å². The molecule has 0 radical (unpaired) electrons. The van der Waals surface area contributed by atoms with Gasteiger partial charge in [0.1, 0.15) is 0 Å². The van der Waals surface area contributed by atoms with Gasteiger partial charge >= 0.3 is 5.97 Å². The third-order valence-corrected chi connectivity index (χ3v) is 3.31. The number of benzene rings is 1. The number of hydrogen-bond acceptors (Lipinski definition) is 3. The smallest absolute Gasteiger partial charge is 0.310 e. The van der Waals surface area contributed by atoms with Crippen LogP contribution >= 0.6 is 27.5 Å². The van der Waals surface area contributed by atoms with Crippen molar-refractivity contribution in [2.75, 3.05) is 6.61 Å². The van der Waals surface area contributed by atoms with Crippen molar-refractivity contribution in [3.63, 3.8) is 0 Å². The Morgan fingerprint density at radius 3 is 2.67 bits per heavy atom. The largest absolute Gasteiger partial charge is 0.466 e. The monoisotopic (exact) mass is 332 g/mol. The summed E-state index contributed by atoms with van der Waals surface area (Å²) in [5.41, 5.74) is 1.08. The summed E-state index contributed by atoms with van der Waals surface area (Å²) in [6.45, 7) is 3.67. The van der Waals surface area contributed by atoms with Crippen molar-refractivity contribution < 1.29 is 14.3 Å². The van der Waals surface area contributed by atoms with Gasteiger partial charge in [-0.2, -0.15) is 0 Å². The van der Waals surface area contributed by atoms with Crippen molar-refractivity contribution in [3.05, 3.63) is 33.8 Å². The van der Waals surface area contributed by atoms with Crippen LogP contribution in [0.5, 0.6) is 0 Å². The van der Waals surface area contributed by atoms with E-state index >= 15 is 0 Å². The van der Waals surface area contributed by atoms with Crippen LogP contribution in [0.25, 0.3) is 0 Å². The third kappa shape index (κ3) is 3.82. The summed E-state index contributed by atoms with van der Waals surface area (Å²) in [5, 5.41) is -0.625. The number of rotatable bonds is 5. The first-order valence-electron chi connectivity index (χ1n) is 5.58. The Bertz CT molecular complexity index is 458. The lowest BCUT2D eigenvalue weighted by atomic mass is 9.99. The van der Waals surface area contributed by atoms with E-state index in [2.05, 4.69) is 15.9 Å². The lowest BCUT2D eigenvalue weighted by molar-refractivity contribution is -0.142. The van der Waals surface area contributed by atoms with E-state index in [1.54, 1.807) is 32.0 Å². The second-order valence-corrected chi connectivity index (χ2v) is 5.24. The van der Waals surface area contributed by atoms with Crippen LogP contribution in [0.4, 0.5) is 0 Å². The molecule has 1 unspecified atom stereocenters. The van der Waals surface area contributed by atoms with Crippen LogP contribution in [0.3, 0.4) is 0 Å². The molecule has 18 heavy (non-hydrogen) atoms. The number of carbonyl (C=O) groups is 2. The molecule has 5 heteroatoms. The molecule has 0 aliphatic heterocycles. The van der Waals surface area contributed by atoms with E-state index < -0.39 is 5.38 Å². The van der Waals surface area contributed by atoms with E-state index in [0.29, 0.717) is 22.2 Å². The van der Waals surface area contributed by atoms with Crippen LogP contribution in [0.2, 0.25) is 0 Å². The molecule has 0 amide bonds. The zero-order chi connectivity index (χ0) is 13.7. The van der Waals surface area contributed by atoms with Crippen LogP contribution in [-0.2, 0) is 16.0 Å². The second kappa shape index (κ2) is 6.90. The van der Waals surface area contributed by atoms with Crippen molar-refractivity contribution in [2.45, 2.75) is 25.6 Å². The molecule has 1 atom stereocenters. The molecular formula is C13H14BrClO3. The van der Waals surface area contributed by atoms with Gasteiger partial charge in [0.25, 0.3) is 0 Å². The third-order valence-electron chi connectivity index (χ3n) is 2.37. The molecule has 98 valence electrons. The molecule has 0 saturated carbocycles. The van der Waals surface area contributed by atoms with Crippen molar-refractivity contribution in [3.8, 4) is 0 Å². The molecule has 3 nitrogen and oxygen atoms in total. The van der Waals surface area contributed by atoms with Gasteiger partial charge in [0.15, 0.2) is 5.78 Å². The summed E-state index contributed by atoms with van der Waals surface area (Å²) in [7, 11) is 0. The number of Topliss-reactive ketones (excluding diaryl/α,β-unsaturated/α-hetero) is 1. The Labute approximate surface area is 120 Å². The van der Waals surface area contributed by atoms with Gasteiger partial charge in [-0.25, -0.2) is 0 Å². The fraction of sp³-hybridized carbons (Fsp3) is 0.385. The highest BCUT2D eigenvalue weighted by Crippen LogP contribution is 2.23. The highest BCUT2D eigenvalue weighted by atomic mass is 79.9. The first-order valence-corrected chi connectivity index (χ1v) is 6.81.